The molecule has 0 bridgehead atoms. The van der Waals surface area contributed by atoms with Crippen LogP contribution in [0.1, 0.15) is 6.23 Å². The van der Waals surface area contributed by atoms with Gasteiger partial charge in [0.1, 0.15) is 43.2 Å². The van der Waals surface area contributed by atoms with Crippen molar-refractivity contribution in [3.63, 3.8) is 0 Å². The molecule has 0 aromatic carbocycles. The summed E-state index contributed by atoms with van der Waals surface area (Å²) in [4.78, 5) is 78.0. The fourth-order valence-corrected chi connectivity index (χ4v) is 3.83. The van der Waals surface area contributed by atoms with Crippen molar-refractivity contribution in [2.24, 2.45) is 0 Å². The average Bonchev–Trinajstić information content (AvgIpc) is 3.07. The van der Waals surface area contributed by atoms with Gasteiger partial charge >= 0.3 is 27.3 Å². The Kier molecular flexibility index (Phi) is 12.2. The highest BCUT2D eigenvalue weighted by Crippen LogP contribution is 2.53. The van der Waals surface area contributed by atoms with Crippen LogP contribution in [0.15, 0.2) is 21.9 Å². The van der Waals surface area contributed by atoms with Crippen molar-refractivity contribution in [2.45, 2.75) is 49.0 Å². The monoisotopic (exact) mass is 598 g/mol. The quantitative estimate of drug-likeness (QED) is 0.0677. The maximum atomic E-state index is 11.8. The largest absolute Gasteiger partial charge is 0.478 e. The molecular formula is C15H24N2O19P2. The highest BCUT2D eigenvalue weighted by atomic mass is 31.3. The number of esters is 1. The van der Waals surface area contributed by atoms with Crippen molar-refractivity contribution in [3.05, 3.63) is 33.1 Å². The van der Waals surface area contributed by atoms with E-state index in [1.807, 2.05) is 4.98 Å². The summed E-state index contributed by atoms with van der Waals surface area (Å²) in [7, 11) is -10.1. The third-order valence-electron chi connectivity index (χ3n) is 4.47. The van der Waals surface area contributed by atoms with Crippen molar-refractivity contribution in [1.29, 1.82) is 0 Å². The number of nitrogens with one attached hydrogen (secondary N) is 1. The lowest BCUT2D eigenvalue weighted by Gasteiger charge is -2.23. The van der Waals surface area contributed by atoms with Gasteiger partial charge in [0, 0.05) is 12.3 Å². The Morgan fingerprint density at radius 1 is 1.05 bits per heavy atom. The average molecular weight is 598 g/mol. The Morgan fingerprint density at radius 2 is 1.61 bits per heavy atom. The van der Waals surface area contributed by atoms with E-state index in [9.17, 15) is 53.8 Å². The number of phosphoric acid groups is 2. The van der Waals surface area contributed by atoms with E-state index < -0.39 is 88.4 Å². The standard InChI is InChI=1S/C15H20N2O12.H4O7P2/c18-3-5(19)8(21)10(23)12(25)14(26)28-4-6-9(22)11(24)13(29-6)17-2-1-7(20)16-15(17)27;1-8(2,3)7-9(4,5)6/h1-3,5-6,8-13,19,21-25H,4H2,(H,16,20,27);(H2,1,2,3)(H2,4,5,6)/t5?,6-,8?,9-,10?,11-,12?,13-;/m1./s1. The molecule has 11 N–H and O–H groups in total. The maximum Gasteiger partial charge on any atom is 0.478 e. The number of aliphatic hydroxyl groups excluding tert-OH is 6. The molecule has 0 spiro atoms. The van der Waals surface area contributed by atoms with Gasteiger partial charge in [-0.25, -0.2) is 18.7 Å². The second kappa shape index (κ2) is 13.7. The summed E-state index contributed by atoms with van der Waals surface area (Å²) in [5.41, 5.74) is -1.62. The lowest BCUT2D eigenvalue weighted by atomic mass is 10.0. The van der Waals surface area contributed by atoms with Crippen LogP contribution in [0, 0.1) is 0 Å². The minimum absolute atomic E-state index is 0.116. The normalized spacial score (nSPS) is 24.9. The topological polar surface area (TPSA) is 353 Å². The van der Waals surface area contributed by atoms with Crippen LogP contribution in [0.25, 0.3) is 0 Å². The molecule has 4 unspecified atom stereocenters. The van der Waals surface area contributed by atoms with E-state index in [0.29, 0.717) is 0 Å². The number of hydrogen-bond acceptors (Lipinski definition) is 15. The molecular weight excluding hydrogens is 574 g/mol. The molecule has 2 heterocycles. The first kappa shape index (κ1) is 33.8. The molecule has 38 heavy (non-hydrogen) atoms. The molecule has 0 saturated carbocycles. The van der Waals surface area contributed by atoms with Crippen LogP contribution in [0.4, 0.5) is 0 Å². The van der Waals surface area contributed by atoms with Gasteiger partial charge in [0.05, 0.1) is 0 Å². The van der Waals surface area contributed by atoms with Crippen LogP contribution in [0.2, 0.25) is 0 Å². The maximum absolute atomic E-state index is 11.8. The van der Waals surface area contributed by atoms with Crippen LogP contribution < -0.4 is 11.2 Å². The number of hydrogen-bond donors (Lipinski definition) is 11. The van der Waals surface area contributed by atoms with E-state index in [1.54, 1.807) is 0 Å². The van der Waals surface area contributed by atoms with Gasteiger partial charge in [-0.3, -0.25) is 14.3 Å². The molecule has 1 aromatic heterocycles. The lowest BCUT2D eigenvalue weighted by molar-refractivity contribution is -0.174. The third-order valence-corrected chi connectivity index (χ3v) is 6.17. The van der Waals surface area contributed by atoms with Crippen LogP contribution in [0.5, 0.6) is 0 Å². The van der Waals surface area contributed by atoms with Gasteiger partial charge in [0.25, 0.3) is 5.56 Å². The van der Waals surface area contributed by atoms with Crippen molar-refractivity contribution in [3.8, 4) is 0 Å². The molecule has 0 aliphatic carbocycles. The first-order chi connectivity index (χ1) is 17.3. The van der Waals surface area contributed by atoms with Crippen LogP contribution in [-0.4, -0.2) is 121 Å². The third kappa shape index (κ3) is 10.2. The van der Waals surface area contributed by atoms with E-state index in [-0.39, 0.29) is 6.29 Å². The Hall–Kier alpha value is -2.20. The zero-order chi connectivity index (χ0) is 29.6. The number of carbonyl (C=O) groups excluding carboxylic acids is 2. The van der Waals surface area contributed by atoms with E-state index in [4.69, 9.17) is 29.4 Å². The molecule has 1 aromatic rings. The number of aromatic amines is 1. The van der Waals surface area contributed by atoms with Gasteiger partial charge in [-0.1, -0.05) is 0 Å². The van der Waals surface area contributed by atoms with Gasteiger partial charge in [0.15, 0.2) is 18.6 Å². The van der Waals surface area contributed by atoms with Crippen LogP contribution in [0.3, 0.4) is 0 Å². The Labute approximate surface area is 209 Å². The van der Waals surface area contributed by atoms with Crippen molar-refractivity contribution < 1.29 is 82.7 Å². The highest BCUT2D eigenvalue weighted by molar-refractivity contribution is 7.60. The van der Waals surface area contributed by atoms with Gasteiger partial charge in [0.2, 0.25) is 0 Å². The second-order valence-corrected chi connectivity index (χ2v) is 9.92. The minimum atomic E-state index is -5.05. The predicted molar refractivity (Wildman–Crippen MR) is 113 cm³/mol. The van der Waals surface area contributed by atoms with E-state index >= 15 is 0 Å². The number of aromatic nitrogens is 2. The number of ether oxygens (including phenoxy) is 2. The zero-order valence-electron chi connectivity index (χ0n) is 18.5. The number of carbonyl (C=O) groups is 2. The summed E-state index contributed by atoms with van der Waals surface area (Å²) in [6, 6.07) is 0.980. The Bertz CT molecular complexity index is 1140. The molecule has 1 aliphatic heterocycles. The molecule has 218 valence electrons. The summed E-state index contributed by atoms with van der Waals surface area (Å²) in [6.07, 6.45) is -14.0. The number of nitrogens with zero attached hydrogens (tertiary/aromatic N) is 1. The van der Waals surface area contributed by atoms with Gasteiger partial charge in [-0.15, -0.1) is 0 Å². The van der Waals surface area contributed by atoms with Gasteiger partial charge in [-0.2, -0.15) is 4.31 Å². The van der Waals surface area contributed by atoms with Crippen LogP contribution >= 0.6 is 15.6 Å². The van der Waals surface area contributed by atoms with Gasteiger partial charge < -0.3 is 64.5 Å². The Morgan fingerprint density at radius 3 is 2.05 bits per heavy atom. The SMILES string of the molecule is O=CC(O)C(O)C(O)C(O)C(=O)OC[C@H]1O[C@@H](n2ccc(=O)[nH]c2=O)[C@H](O)[C@@H]1O.O=P(O)(O)OP(=O)(O)O. The summed E-state index contributed by atoms with van der Waals surface area (Å²) >= 11 is 0. The second-order valence-electron chi connectivity index (χ2n) is 7.31. The van der Waals surface area contributed by atoms with Crippen LogP contribution in [-0.2, 0) is 32.5 Å². The molecule has 23 heteroatoms. The number of aliphatic hydroxyl groups is 6. The van der Waals surface area contributed by atoms with Crippen molar-refractivity contribution >= 4 is 27.9 Å². The highest BCUT2D eigenvalue weighted by Gasteiger charge is 2.45. The molecule has 1 aliphatic rings. The molecule has 0 amide bonds. The zero-order valence-corrected chi connectivity index (χ0v) is 20.3. The van der Waals surface area contributed by atoms with Crippen molar-refractivity contribution in [1.82, 2.24) is 9.55 Å². The molecule has 1 saturated heterocycles. The number of rotatable bonds is 10. The summed E-state index contributed by atoms with van der Waals surface area (Å²) in [5.74, 6) is -1.48. The smallest absolute Gasteiger partial charge is 0.461 e. The summed E-state index contributed by atoms with van der Waals surface area (Å²) in [5, 5.41) is 57.8. The summed E-state index contributed by atoms with van der Waals surface area (Å²) < 4.78 is 32.9. The molecule has 0 radical (unpaired) electrons. The first-order valence-electron chi connectivity index (χ1n) is 9.78. The summed E-state index contributed by atoms with van der Waals surface area (Å²) in [6.45, 7) is -0.734. The minimum Gasteiger partial charge on any atom is -0.461 e. The molecule has 1 fully saturated rings. The fourth-order valence-electron chi connectivity index (χ4n) is 2.72. The predicted octanol–water partition coefficient (Wildman–Crippen LogP) is -6.47. The van der Waals surface area contributed by atoms with E-state index in [2.05, 4.69) is 9.05 Å². The van der Waals surface area contributed by atoms with Gasteiger partial charge in [-0.05, 0) is 0 Å². The van der Waals surface area contributed by atoms with E-state index in [0.717, 1.165) is 16.8 Å². The number of aldehydes is 1. The Balaban J connectivity index is 0.000000686. The first-order valence-corrected chi connectivity index (χ1v) is 12.8. The van der Waals surface area contributed by atoms with Crippen molar-refractivity contribution in [2.75, 3.05) is 6.61 Å². The fraction of sp³-hybridized carbons (Fsp3) is 0.600. The molecule has 8 atom stereocenters. The number of H-pyrrole nitrogens is 1. The van der Waals surface area contributed by atoms with E-state index in [1.165, 1.54) is 0 Å². The lowest BCUT2D eigenvalue weighted by Crippen LogP contribution is -2.49. The molecule has 2 rings (SSSR count). The molecule has 21 nitrogen and oxygen atoms in total.